The van der Waals surface area contributed by atoms with Crippen molar-refractivity contribution in [3.8, 4) is 34.3 Å². The molecule has 0 spiro atoms. The van der Waals surface area contributed by atoms with Gasteiger partial charge in [0.2, 0.25) is 5.88 Å². The highest BCUT2D eigenvalue weighted by Crippen LogP contribution is 2.35. The maximum absolute atomic E-state index is 5.46. The summed E-state index contributed by atoms with van der Waals surface area (Å²) in [7, 11) is 4.82. The fraction of sp³-hybridized carbons (Fsp3) is 0.167. The minimum absolute atomic E-state index is 0.516. The predicted molar refractivity (Wildman–Crippen MR) is 87.5 cm³/mol. The zero-order chi connectivity index (χ0) is 16.2. The molecule has 3 rings (SSSR count). The Hall–Kier alpha value is -2.95. The molecular weight excluding hydrogens is 292 g/mol. The maximum atomic E-state index is 5.46. The van der Waals surface area contributed by atoms with Crippen LogP contribution < -0.4 is 14.2 Å². The monoisotopic (exact) mass is 309 g/mol. The molecule has 1 aromatic heterocycles. The lowest BCUT2D eigenvalue weighted by Crippen LogP contribution is -2.00. The Morgan fingerprint density at radius 3 is 2.35 bits per heavy atom. The van der Waals surface area contributed by atoms with Crippen LogP contribution in [-0.4, -0.2) is 31.1 Å². The van der Waals surface area contributed by atoms with E-state index in [4.69, 9.17) is 14.2 Å². The van der Waals surface area contributed by atoms with Gasteiger partial charge in [0.1, 0.15) is 11.5 Å². The molecule has 23 heavy (non-hydrogen) atoms. The number of rotatable bonds is 5. The third-order valence-electron chi connectivity index (χ3n) is 3.47. The summed E-state index contributed by atoms with van der Waals surface area (Å²) in [4.78, 5) is 0. The first-order chi connectivity index (χ1) is 11.3. The molecule has 1 heterocycles. The van der Waals surface area contributed by atoms with Crippen LogP contribution in [0.5, 0.6) is 17.4 Å². The molecule has 0 unspecified atom stereocenters. The number of methoxy groups -OCH3 is 3. The lowest BCUT2D eigenvalue weighted by Gasteiger charge is -2.12. The molecule has 0 saturated heterocycles. The molecule has 0 aliphatic rings. The third kappa shape index (κ3) is 2.85. The van der Waals surface area contributed by atoms with Gasteiger partial charge in [-0.1, -0.05) is 18.2 Å². The minimum atomic E-state index is 0.516. The second kappa shape index (κ2) is 6.44. The Balaban J connectivity index is 2.22. The topological polar surface area (TPSA) is 45.5 Å². The second-order valence-corrected chi connectivity index (χ2v) is 4.79. The summed E-state index contributed by atoms with van der Waals surface area (Å²) in [5.74, 6) is 1.83. The van der Waals surface area contributed by atoms with E-state index in [1.165, 1.54) is 0 Å². The molecule has 0 fully saturated rings. The van der Waals surface area contributed by atoms with Crippen LogP contribution in [0.4, 0.5) is 0 Å². The quantitative estimate of drug-likeness (QED) is 0.725. The fourth-order valence-corrected chi connectivity index (χ4v) is 2.34. The largest absolute Gasteiger partial charge is 0.496 e. The number of hydrogen-bond acceptors (Lipinski definition) is 4. The van der Waals surface area contributed by atoms with Crippen molar-refractivity contribution in [3.63, 3.8) is 0 Å². The zero-order valence-electron chi connectivity index (χ0n) is 13.2. The van der Waals surface area contributed by atoms with Gasteiger partial charge in [0.05, 0.1) is 38.3 Å². The van der Waals surface area contributed by atoms with Gasteiger partial charge in [0, 0.05) is 12.1 Å². The second-order valence-electron chi connectivity index (χ2n) is 4.79. The van der Waals surface area contributed by atoms with Crippen molar-refractivity contribution in [2.45, 2.75) is 0 Å². The van der Waals surface area contributed by atoms with Crippen molar-refractivity contribution < 1.29 is 14.2 Å². The summed E-state index contributed by atoms with van der Waals surface area (Å²) < 4.78 is 17.8. The van der Waals surface area contributed by atoms with E-state index in [1.807, 2.05) is 48.5 Å². The molecule has 0 N–H and O–H groups in total. The normalized spacial score (nSPS) is 10.4. The van der Waals surface area contributed by atoms with Crippen LogP contribution in [0.15, 0.2) is 48.5 Å². The molecule has 5 nitrogen and oxygen atoms in total. The van der Waals surface area contributed by atoms with Crippen LogP contribution >= 0.6 is 0 Å². The van der Waals surface area contributed by atoms with E-state index < -0.39 is 0 Å². The van der Waals surface area contributed by atoms with Crippen LogP contribution in [0.2, 0.25) is 0 Å². The molecule has 2 aromatic carbocycles. The Kier molecular flexibility index (Phi) is 4.19. The lowest BCUT2D eigenvalue weighted by molar-refractivity contribution is 0.394. The summed E-state index contributed by atoms with van der Waals surface area (Å²) in [6.07, 6.45) is 0. The van der Waals surface area contributed by atoms with Gasteiger partial charge >= 0.3 is 0 Å². The SMILES string of the molecule is COc1[c]c(-c2cc(OC)nn2-c2ccccc2)c(OC)cc1. The van der Waals surface area contributed by atoms with Crippen LogP contribution in [-0.2, 0) is 0 Å². The summed E-state index contributed by atoms with van der Waals surface area (Å²) >= 11 is 0. The number of hydrogen-bond donors (Lipinski definition) is 0. The number of nitrogens with zero attached hydrogens (tertiary/aromatic N) is 2. The average molecular weight is 309 g/mol. The highest BCUT2D eigenvalue weighted by molar-refractivity contribution is 5.71. The molecular formula is C18H17N2O3. The Morgan fingerprint density at radius 2 is 1.70 bits per heavy atom. The van der Waals surface area contributed by atoms with Gasteiger partial charge in [0.15, 0.2) is 0 Å². The van der Waals surface area contributed by atoms with E-state index in [0.29, 0.717) is 17.4 Å². The van der Waals surface area contributed by atoms with E-state index in [1.54, 1.807) is 26.0 Å². The molecule has 3 aromatic rings. The van der Waals surface area contributed by atoms with Gasteiger partial charge in [0.25, 0.3) is 0 Å². The molecule has 0 aliphatic heterocycles. The first kappa shape index (κ1) is 15.0. The van der Waals surface area contributed by atoms with Gasteiger partial charge in [-0.15, -0.1) is 5.10 Å². The number of aromatic nitrogens is 2. The molecule has 0 saturated carbocycles. The predicted octanol–water partition coefficient (Wildman–Crippen LogP) is 3.37. The van der Waals surface area contributed by atoms with Crippen LogP contribution in [0.25, 0.3) is 16.9 Å². The van der Waals surface area contributed by atoms with Crippen molar-refractivity contribution in [1.29, 1.82) is 0 Å². The van der Waals surface area contributed by atoms with E-state index >= 15 is 0 Å². The summed E-state index contributed by atoms with van der Waals surface area (Å²) in [5, 5.41) is 4.48. The van der Waals surface area contributed by atoms with Crippen molar-refractivity contribution in [2.24, 2.45) is 0 Å². The third-order valence-corrected chi connectivity index (χ3v) is 3.47. The summed E-state index contributed by atoms with van der Waals surface area (Å²) in [6, 6.07) is 18.5. The molecule has 1 radical (unpaired) electrons. The van der Waals surface area contributed by atoms with Crippen molar-refractivity contribution >= 4 is 0 Å². The van der Waals surface area contributed by atoms with Crippen molar-refractivity contribution in [1.82, 2.24) is 9.78 Å². The fourth-order valence-electron chi connectivity index (χ4n) is 2.34. The van der Waals surface area contributed by atoms with E-state index in [-0.39, 0.29) is 0 Å². The van der Waals surface area contributed by atoms with E-state index in [2.05, 4.69) is 11.2 Å². The summed E-state index contributed by atoms with van der Waals surface area (Å²) in [6.45, 7) is 0. The number of benzene rings is 2. The first-order valence-corrected chi connectivity index (χ1v) is 7.11. The van der Waals surface area contributed by atoms with Crippen LogP contribution in [0.3, 0.4) is 0 Å². The molecule has 0 bridgehead atoms. The molecule has 0 amide bonds. The highest BCUT2D eigenvalue weighted by atomic mass is 16.5. The summed E-state index contributed by atoms with van der Waals surface area (Å²) in [5.41, 5.74) is 2.49. The lowest BCUT2D eigenvalue weighted by atomic mass is 10.1. The Labute approximate surface area is 135 Å². The Morgan fingerprint density at radius 1 is 0.913 bits per heavy atom. The zero-order valence-corrected chi connectivity index (χ0v) is 13.2. The number of ether oxygens (including phenoxy) is 3. The highest BCUT2D eigenvalue weighted by Gasteiger charge is 2.17. The van der Waals surface area contributed by atoms with Gasteiger partial charge in [-0.2, -0.15) is 0 Å². The minimum Gasteiger partial charge on any atom is -0.496 e. The molecule has 0 aliphatic carbocycles. The van der Waals surface area contributed by atoms with Crippen molar-refractivity contribution in [2.75, 3.05) is 21.3 Å². The first-order valence-electron chi connectivity index (χ1n) is 7.11. The molecule has 0 atom stereocenters. The van der Waals surface area contributed by atoms with Gasteiger partial charge in [-0.25, -0.2) is 4.68 Å². The Bertz CT molecular complexity index is 797. The molecule has 117 valence electrons. The van der Waals surface area contributed by atoms with E-state index in [9.17, 15) is 0 Å². The maximum Gasteiger partial charge on any atom is 0.233 e. The number of para-hydroxylation sites is 1. The van der Waals surface area contributed by atoms with E-state index in [0.717, 1.165) is 16.9 Å². The molecule has 5 heteroatoms. The van der Waals surface area contributed by atoms with Gasteiger partial charge in [-0.05, 0) is 24.3 Å². The van der Waals surface area contributed by atoms with Crippen LogP contribution in [0.1, 0.15) is 0 Å². The van der Waals surface area contributed by atoms with Crippen LogP contribution in [0, 0.1) is 6.07 Å². The standard InChI is InChI=1S/C18H17N2O3/c1-21-14-9-10-17(22-2)15(11-14)16-12-18(23-3)19-20(16)13-7-5-4-6-8-13/h4-10,12H,1-3H3. The van der Waals surface area contributed by atoms with Crippen molar-refractivity contribution in [3.05, 3.63) is 54.6 Å². The average Bonchev–Trinajstić information content (AvgIpc) is 3.06. The van der Waals surface area contributed by atoms with Gasteiger partial charge in [-0.3, -0.25) is 0 Å². The van der Waals surface area contributed by atoms with Gasteiger partial charge < -0.3 is 14.2 Å². The smallest absolute Gasteiger partial charge is 0.233 e.